The van der Waals surface area contributed by atoms with Gasteiger partial charge in [-0.15, -0.1) is 0 Å². The van der Waals surface area contributed by atoms with Gasteiger partial charge in [0.1, 0.15) is 0 Å². The minimum atomic E-state index is -0.241. The van der Waals surface area contributed by atoms with E-state index in [1.807, 2.05) is 0 Å². The number of nitrogens with two attached hydrogens (primary N) is 1. The molecule has 0 aliphatic carbocycles. The van der Waals surface area contributed by atoms with Crippen molar-refractivity contribution in [2.45, 2.75) is 6.42 Å². The second kappa shape index (κ2) is 4.65. The molecular formula is C15H11ClN2O2. The summed E-state index contributed by atoms with van der Waals surface area (Å²) < 4.78 is 0. The van der Waals surface area contributed by atoms with Crippen molar-refractivity contribution >= 4 is 34.7 Å². The molecule has 0 aromatic heterocycles. The molecule has 0 unspecified atom stereocenters. The molecule has 2 aromatic carbocycles. The number of anilines is 2. The van der Waals surface area contributed by atoms with Gasteiger partial charge in [-0.05, 0) is 35.9 Å². The number of hydrogen-bond donors (Lipinski definition) is 2. The van der Waals surface area contributed by atoms with Crippen LogP contribution in [0.5, 0.6) is 0 Å². The van der Waals surface area contributed by atoms with Crippen molar-refractivity contribution in [3.63, 3.8) is 0 Å². The summed E-state index contributed by atoms with van der Waals surface area (Å²) in [7, 11) is 0. The summed E-state index contributed by atoms with van der Waals surface area (Å²) in [6.07, 6.45) is 0.286. The van der Waals surface area contributed by atoms with Crippen molar-refractivity contribution in [2.24, 2.45) is 0 Å². The molecule has 0 fully saturated rings. The lowest BCUT2D eigenvalue weighted by Gasteiger charge is -2.08. The van der Waals surface area contributed by atoms with Crippen LogP contribution in [-0.2, 0) is 11.2 Å². The molecule has 3 N–H and O–H groups in total. The van der Waals surface area contributed by atoms with E-state index in [9.17, 15) is 9.59 Å². The third-order valence-electron chi connectivity index (χ3n) is 3.27. The van der Waals surface area contributed by atoms with Crippen molar-refractivity contribution in [3.8, 4) is 0 Å². The van der Waals surface area contributed by atoms with E-state index in [1.54, 1.807) is 36.4 Å². The lowest BCUT2D eigenvalue weighted by molar-refractivity contribution is -0.115. The maximum atomic E-state index is 12.5. The molecule has 3 rings (SSSR count). The van der Waals surface area contributed by atoms with E-state index in [2.05, 4.69) is 5.32 Å². The third kappa shape index (κ3) is 2.04. The number of fused-ring (bicyclic) bond motifs is 1. The fourth-order valence-corrected chi connectivity index (χ4v) is 2.56. The Hall–Kier alpha value is -2.33. The van der Waals surface area contributed by atoms with Crippen LogP contribution in [0.15, 0.2) is 36.4 Å². The average molecular weight is 287 g/mol. The van der Waals surface area contributed by atoms with E-state index < -0.39 is 0 Å². The van der Waals surface area contributed by atoms with Crippen molar-refractivity contribution in [3.05, 3.63) is 58.1 Å². The van der Waals surface area contributed by atoms with Gasteiger partial charge in [0, 0.05) is 16.9 Å². The summed E-state index contributed by atoms with van der Waals surface area (Å²) in [6.45, 7) is 0. The molecule has 20 heavy (non-hydrogen) atoms. The van der Waals surface area contributed by atoms with Crippen LogP contribution < -0.4 is 11.1 Å². The SMILES string of the molecule is Nc1cccc(Cl)c1C(=O)c1ccc2c(c1)CC(=O)N2. The number of benzene rings is 2. The Balaban J connectivity index is 2.04. The fraction of sp³-hybridized carbons (Fsp3) is 0.0667. The molecule has 0 spiro atoms. The lowest BCUT2D eigenvalue weighted by Crippen LogP contribution is -2.06. The molecule has 1 amide bonds. The predicted molar refractivity (Wildman–Crippen MR) is 78.1 cm³/mol. The van der Waals surface area contributed by atoms with Gasteiger partial charge < -0.3 is 11.1 Å². The number of halogens is 1. The first-order valence-corrected chi connectivity index (χ1v) is 6.45. The fourth-order valence-electron chi connectivity index (χ4n) is 2.30. The van der Waals surface area contributed by atoms with Crippen molar-refractivity contribution in [1.82, 2.24) is 0 Å². The van der Waals surface area contributed by atoms with Crippen LogP contribution in [0, 0.1) is 0 Å². The second-order valence-corrected chi connectivity index (χ2v) is 5.04. The Morgan fingerprint density at radius 2 is 2.05 bits per heavy atom. The zero-order chi connectivity index (χ0) is 14.3. The number of carbonyl (C=O) groups excluding carboxylic acids is 2. The summed E-state index contributed by atoms with van der Waals surface area (Å²) in [6, 6.07) is 10.1. The topological polar surface area (TPSA) is 72.2 Å². The molecule has 0 saturated heterocycles. The Morgan fingerprint density at radius 3 is 2.80 bits per heavy atom. The maximum absolute atomic E-state index is 12.5. The largest absolute Gasteiger partial charge is 0.398 e. The monoisotopic (exact) mass is 286 g/mol. The Bertz CT molecular complexity index is 720. The van der Waals surface area contributed by atoms with E-state index >= 15 is 0 Å². The van der Waals surface area contributed by atoms with Gasteiger partial charge in [-0.3, -0.25) is 9.59 Å². The number of nitrogen functional groups attached to an aromatic ring is 1. The van der Waals surface area contributed by atoms with E-state index in [1.165, 1.54) is 0 Å². The molecule has 1 aliphatic heterocycles. The Morgan fingerprint density at radius 1 is 1.25 bits per heavy atom. The van der Waals surface area contributed by atoms with Crippen LogP contribution in [0.2, 0.25) is 5.02 Å². The summed E-state index contributed by atoms with van der Waals surface area (Å²) in [5, 5.41) is 3.05. The molecule has 4 nitrogen and oxygen atoms in total. The minimum absolute atomic E-state index is 0.0677. The standard InChI is InChI=1S/C15H11ClN2O2/c16-10-2-1-3-11(17)14(10)15(20)8-4-5-12-9(6-8)7-13(19)18-12/h1-6H,7,17H2,(H,18,19). The smallest absolute Gasteiger partial charge is 0.228 e. The molecule has 1 aliphatic rings. The number of ketones is 1. The van der Waals surface area contributed by atoms with E-state index in [0.717, 1.165) is 11.3 Å². The van der Waals surface area contributed by atoms with Crippen molar-refractivity contribution < 1.29 is 9.59 Å². The van der Waals surface area contributed by atoms with Crippen LogP contribution in [0.25, 0.3) is 0 Å². The van der Waals surface area contributed by atoms with Crippen LogP contribution >= 0.6 is 11.6 Å². The highest BCUT2D eigenvalue weighted by atomic mass is 35.5. The first-order valence-electron chi connectivity index (χ1n) is 6.08. The summed E-state index contributed by atoms with van der Waals surface area (Å²) in [5.41, 5.74) is 8.50. The Labute approximate surface area is 120 Å². The summed E-state index contributed by atoms with van der Waals surface area (Å²) >= 11 is 6.05. The van der Waals surface area contributed by atoms with Gasteiger partial charge in [-0.1, -0.05) is 17.7 Å². The number of hydrogen-bond acceptors (Lipinski definition) is 3. The molecule has 2 aromatic rings. The quantitative estimate of drug-likeness (QED) is 0.658. The first-order chi connectivity index (χ1) is 9.56. The summed E-state index contributed by atoms with van der Waals surface area (Å²) in [5.74, 6) is -0.308. The number of rotatable bonds is 2. The van der Waals surface area contributed by atoms with Gasteiger partial charge in [0.2, 0.25) is 5.91 Å². The zero-order valence-electron chi connectivity index (χ0n) is 10.4. The molecule has 0 saturated carbocycles. The highest BCUT2D eigenvalue weighted by molar-refractivity contribution is 6.36. The highest BCUT2D eigenvalue weighted by Gasteiger charge is 2.21. The lowest BCUT2D eigenvalue weighted by atomic mass is 9.99. The van der Waals surface area contributed by atoms with Crippen LogP contribution in [0.1, 0.15) is 21.5 Å². The second-order valence-electron chi connectivity index (χ2n) is 4.63. The number of amides is 1. The normalized spacial score (nSPS) is 12.9. The molecule has 0 radical (unpaired) electrons. The minimum Gasteiger partial charge on any atom is -0.398 e. The molecule has 100 valence electrons. The third-order valence-corrected chi connectivity index (χ3v) is 3.58. The Kier molecular flexibility index (Phi) is 2.95. The zero-order valence-corrected chi connectivity index (χ0v) is 11.2. The molecular weight excluding hydrogens is 276 g/mol. The van der Waals surface area contributed by atoms with Crippen LogP contribution in [-0.4, -0.2) is 11.7 Å². The number of nitrogens with one attached hydrogen (secondary N) is 1. The molecule has 0 atom stereocenters. The molecule has 0 bridgehead atoms. The van der Waals surface area contributed by atoms with Crippen LogP contribution in [0.3, 0.4) is 0 Å². The van der Waals surface area contributed by atoms with Crippen LogP contribution in [0.4, 0.5) is 11.4 Å². The first kappa shape index (κ1) is 12.7. The van der Waals surface area contributed by atoms with Crippen molar-refractivity contribution in [2.75, 3.05) is 11.1 Å². The van der Waals surface area contributed by atoms with Gasteiger partial charge in [0.05, 0.1) is 17.0 Å². The van der Waals surface area contributed by atoms with Gasteiger partial charge in [0.25, 0.3) is 0 Å². The summed E-state index contributed by atoms with van der Waals surface area (Å²) in [4.78, 5) is 23.8. The van der Waals surface area contributed by atoms with E-state index in [4.69, 9.17) is 17.3 Å². The maximum Gasteiger partial charge on any atom is 0.228 e. The van der Waals surface area contributed by atoms with E-state index in [-0.39, 0.29) is 18.1 Å². The molecule has 1 heterocycles. The molecule has 5 heteroatoms. The van der Waals surface area contributed by atoms with Gasteiger partial charge in [-0.2, -0.15) is 0 Å². The average Bonchev–Trinajstić information content (AvgIpc) is 2.77. The van der Waals surface area contributed by atoms with E-state index in [0.29, 0.717) is 21.8 Å². The van der Waals surface area contributed by atoms with Gasteiger partial charge in [0.15, 0.2) is 5.78 Å². The predicted octanol–water partition coefficient (Wildman–Crippen LogP) is 2.65. The van der Waals surface area contributed by atoms with Gasteiger partial charge in [-0.25, -0.2) is 0 Å². The number of carbonyl (C=O) groups is 2. The highest BCUT2D eigenvalue weighted by Crippen LogP contribution is 2.28. The van der Waals surface area contributed by atoms with Crippen molar-refractivity contribution in [1.29, 1.82) is 0 Å². The van der Waals surface area contributed by atoms with Gasteiger partial charge >= 0.3 is 0 Å².